The maximum absolute atomic E-state index is 11.7. The molecule has 6 nitrogen and oxygen atoms in total. The van der Waals surface area contributed by atoms with Gasteiger partial charge in [-0.25, -0.2) is 0 Å². The highest BCUT2D eigenvalue weighted by atomic mass is 16.6. The standard InChI is InChI=1S/C22H34O6/c1-4-6-7-9-21(23)27-16-14-25-19-10-12-20(13-11-19)26-15-17-28-22(24)18(3)8-5-2/h10-13,18H,4-9,14-17H2,1-3H3. The molecule has 1 aromatic rings. The summed E-state index contributed by atoms with van der Waals surface area (Å²) in [5, 5.41) is 0. The third kappa shape index (κ3) is 10.8. The molecule has 0 bridgehead atoms. The Morgan fingerprint density at radius 2 is 1.39 bits per heavy atom. The number of rotatable bonds is 15. The molecule has 1 unspecified atom stereocenters. The molecular weight excluding hydrogens is 360 g/mol. The van der Waals surface area contributed by atoms with Gasteiger partial charge in [0.15, 0.2) is 0 Å². The molecule has 0 heterocycles. The summed E-state index contributed by atoms with van der Waals surface area (Å²) in [6, 6.07) is 7.14. The summed E-state index contributed by atoms with van der Waals surface area (Å²) in [5.74, 6) is 0.921. The van der Waals surface area contributed by atoms with Crippen molar-refractivity contribution in [3.8, 4) is 11.5 Å². The molecule has 0 aliphatic rings. The van der Waals surface area contributed by atoms with Gasteiger partial charge in [-0.1, -0.05) is 40.0 Å². The van der Waals surface area contributed by atoms with Crippen molar-refractivity contribution in [2.45, 2.75) is 59.3 Å². The van der Waals surface area contributed by atoms with E-state index < -0.39 is 0 Å². The molecule has 0 fully saturated rings. The topological polar surface area (TPSA) is 71.1 Å². The van der Waals surface area contributed by atoms with Crippen molar-refractivity contribution in [2.24, 2.45) is 5.92 Å². The highest BCUT2D eigenvalue weighted by molar-refractivity contribution is 5.71. The van der Waals surface area contributed by atoms with Gasteiger partial charge < -0.3 is 18.9 Å². The van der Waals surface area contributed by atoms with Gasteiger partial charge in [0, 0.05) is 6.42 Å². The van der Waals surface area contributed by atoms with Gasteiger partial charge in [-0.15, -0.1) is 0 Å². The van der Waals surface area contributed by atoms with Gasteiger partial charge in [0.1, 0.15) is 37.9 Å². The molecule has 1 aromatic carbocycles. The van der Waals surface area contributed by atoms with Gasteiger partial charge in [-0.2, -0.15) is 0 Å². The molecule has 1 atom stereocenters. The summed E-state index contributed by atoms with van der Waals surface area (Å²) in [7, 11) is 0. The second kappa shape index (κ2) is 14.8. The first-order valence-electron chi connectivity index (χ1n) is 10.2. The van der Waals surface area contributed by atoms with Gasteiger partial charge in [-0.05, 0) is 37.1 Å². The van der Waals surface area contributed by atoms with E-state index in [-0.39, 0.29) is 31.1 Å². The summed E-state index contributed by atoms with van der Waals surface area (Å²) in [5.41, 5.74) is 0. The van der Waals surface area contributed by atoms with Crippen LogP contribution in [0, 0.1) is 5.92 Å². The van der Waals surface area contributed by atoms with Crippen LogP contribution in [0.3, 0.4) is 0 Å². The van der Waals surface area contributed by atoms with Crippen LogP contribution in [-0.4, -0.2) is 38.4 Å². The zero-order valence-electron chi connectivity index (χ0n) is 17.4. The number of carbonyl (C=O) groups is 2. The van der Waals surface area contributed by atoms with Crippen molar-refractivity contribution in [1.29, 1.82) is 0 Å². The lowest BCUT2D eigenvalue weighted by Gasteiger charge is -2.11. The fourth-order valence-electron chi connectivity index (χ4n) is 2.53. The average molecular weight is 395 g/mol. The second-order valence-electron chi connectivity index (χ2n) is 6.70. The van der Waals surface area contributed by atoms with Crippen LogP contribution in [-0.2, 0) is 19.1 Å². The Morgan fingerprint density at radius 3 is 1.93 bits per heavy atom. The Bertz CT molecular complexity index is 555. The predicted molar refractivity (Wildman–Crippen MR) is 108 cm³/mol. The Labute approximate surface area is 168 Å². The molecule has 0 saturated heterocycles. The summed E-state index contributed by atoms with van der Waals surface area (Å²) in [6.07, 6.45) is 5.25. The van der Waals surface area contributed by atoms with E-state index in [1.54, 1.807) is 24.3 Å². The van der Waals surface area contributed by atoms with Crippen LogP contribution in [0.25, 0.3) is 0 Å². The Hall–Kier alpha value is -2.24. The maximum atomic E-state index is 11.7. The molecule has 0 radical (unpaired) electrons. The zero-order chi connectivity index (χ0) is 20.6. The molecular formula is C22H34O6. The zero-order valence-corrected chi connectivity index (χ0v) is 17.4. The number of benzene rings is 1. The van der Waals surface area contributed by atoms with E-state index in [1.165, 1.54) is 0 Å². The number of esters is 2. The molecule has 0 aliphatic heterocycles. The molecule has 0 N–H and O–H groups in total. The van der Waals surface area contributed by atoms with Gasteiger partial charge in [-0.3, -0.25) is 9.59 Å². The highest BCUT2D eigenvalue weighted by Crippen LogP contribution is 2.17. The number of ether oxygens (including phenoxy) is 4. The summed E-state index contributed by atoms with van der Waals surface area (Å²) in [4.78, 5) is 23.2. The van der Waals surface area contributed by atoms with Crippen LogP contribution in [0.2, 0.25) is 0 Å². The van der Waals surface area contributed by atoms with Crippen LogP contribution in [0.5, 0.6) is 11.5 Å². The minimum Gasteiger partial charge on any atom is -0.490 e. The lowest BCUT2D eigenvalue weighted by Crippen LogP contribution is -2.18. The lowest BCUT2D eigenvalue weighted by atomic mass is 10.1. The predicted octanol–water partition coefficient (Wildman–Crippen LogP) is 4.55. The lowest BCUT2D eigenvalue weighted by molar-refractivity contribution is -0.149. The van der Waals surface area contributed by atoms with Crippen molar-refractivity contribution in [3.05, 3.63) is 24.3 Å². The van der Waals surface area contributed by atoms with E-state index in [4.69, 9.17) is 18.9 Å². The minimum atomic E-state index is -0.180. The van der Waals surface area contributed by atoms with E-state index in [1.807, 2.05) is 13.8 Å². The van der Waals surface area contributed by atoms with Crippen LogP contribution in [0.1, 0.15) is 59.3 Å². The van der Waals surface area contributed by atoms with Gasteiger partial charge >= 0.3 is 11.9 Å². The van der Waals surface area contributed by atoms with Crippen LogP contribution < -0.4 is 9.47 Å². The Balaban J connectivity index is 2.15. The molecule has 0 amide bonds. The quantitative estimate of drug-likeness (QED) is 0.321. The fourth-order valence-corrected chi connectivity index (χ4v) is 2.53. The number of carbonyl (C=O) groups excluding carboxylic acids is 2. The van der Waals surface area contributed by atoms with E-state index in [9.17, 15) is 9.59 Å². The van der Waals surface area contributed by atoms with Crippen molar-refractivity contribution >= 4 is 11.9 Å². The number of hydrogen-bond donors (Lipinski definition) is 0. The Kier molecular flexibility index (Phi) is 12.6. The van der Waals surface area contributed by atoms with Crippen molar-refractivity contribution in [1.82, 2.24) is 0 Å². The smallest absolute Gasteiger partial charge is 0.308 e. The average Bonchev–Trinajstić information content (AvgIpc) is 2.69. The molecule has 6 heteroatoms. The first-order valence-corrected chi connectivity index (χ1v) is 10.2. The second-order valence-corrected chi connectivity index (χ2v) is 6.70. The van der Waals surface area contributed by atoms with E-state index in [0.29, 0.717) is 31.1 Å². The highest BCUT2D eigenvalue weighted by Gasteiger charge is 2.12. The third-order valence-electron chi connectivity index (χ3n) is 4.14. The molecule has 0 aliphatic carbocycles. The molecule has 0 saturated carbocycles. The fraction of sp³-hybridized carbons (Fsp3) is 0.636. The van der Waals surface area contributed by atoms with Crippen LogP contribution in [0.15, 0.2) is 24.3 Å². The summed E-state index contributed by atoms with van der Waals surface area (Å²) in [6.45, 7) is 7.10. The summed E-state index contributed by atoms with van der Waals surface area (Å²) >= 11 is 0. The van der Waals surface area contributed by atoms with E-state index in [2.05, 4.69) is 6.92 Å². The van der Waals surface area contributed by atoms with Crippen LogP contribution in [0.4, 0.5) is 0 Å². The summed E-state index contributed by atoms with van der Waals surface area (Å²) < 4.78 is 21.4. The van der Waals surface area contributed by atoms with Crippen molar-refractivity contribution < 1.29 is 28.5 Å². The van der Waals surface area contributed by atoms with Gasteiger partial charge in [0.2, 0.25) is 0 Å². The van der Waals surface area contributed by atoms with E-state index >= 15 is 0 Å². The molecule has 1 rings (SSSR count). The monoisotopic (exact) mass is 394 g/mol. The van der Waals surface area contributed by atoms with Gasteiger partial charge in [0.25, 0.3) is 0 Å². The minimum absolute atomic E-state index is 0.0722. The number of hydrogen-bond acceptors (Lipinski definition) is 6. The maximum Gasteiger partial charge on any atom is 0.308 e. The largest absolute Gasteiger partial charge is 0.490 e. The van der Waals surface area contributed by atoms with E-state index in [0.717, 1.165) is 32.1 Å². The Morgan fingerprint density at radius 1 is 0.821 bits per heavy atom. The molecule has 0 aromatic heterocycles. The number of unbranched alkanes of at least 4 members (excludes halogenated alkanes) is 2. The molecule has 158 valence electrons. The van der Waals surface area contributed by atoms with Crippen LogP contribution >= 0.6 is 0 Å². The SMILES string of the molecule is CCCCCC(=O)OCCOc1ccc(OCCOC(=O)C(C)CCC)cc1. The molecule has 0 spiro atoms. The first kappa shape index (κ1) is 23.8. The normalized spacial score (nSPS) is 11.5. The first-order chi connectivity index (χ1) is 13.6. The van der Waals surface area contributed by atoms with Crippen molar-refractivity contribution in [2.75, 3.05) is 26.4 Å². The molecule has 28 heavy (non-hydrogen) atoms. The van der Waals surface area contributed by atoms with Gasteiger partial charge in [0.05, 0.1) is 5.92 Å². The third-order valence-corrected chi connectivity index (χ3v) is 4.14. The van der Waals surface area contributed by atoms with Crippen molar-refractivity contribution in [3.63, 3.8) is 0 Å².